The highest BCUT2D eigenvalue weighted by molar-refractivity contribution is 5.67. The summed E-state index contributed by atoms with van der Waals surface area (Å²) >= 11 is 0. The van der Waals surface area contributed by atoms with Crippen molar-refractivity contribution < 1.29 is 14.6 Å². The molecule has 1 N–H and O–H groups in total. The van der Waals surface area contributed by atoms with Crippen LogP contribution < -0.4 is 0 Å². The summed E-state index contributed by atoms with van der Waals surface area (Å²) in [6, 6.07) is 13.4. The van der Waals surface area contributed by atoms with Gasteiger partial charge in [-0.3, -0.25) is 4.98 Å². The fourth-order valence-electron chi connectivity index (χ4n) is 3.33. The number of nitrogens with zero attached hydrogens (tertiary/aromatic N) is 2. The van der Waals surface area contributed by atoms with Gasteiger partial charge in [-0.05, 0) is 37.3 Å². The van der Waals surface area contributed by atoms with Crippen LogP contribution in [-0.2, 0) is 16.9 Å². The number of likely N-dealkylation sites (tertiary alicyclic amines) is 1. The van der Waals surface area contributed by atoms with Gasteiger partial charge in [-0.1, -0.05) is 36.4 Å². The summed E-state index contributed by atoms with van der Waals surface area (Å²) in [5, 5.41) is 10.9. The van der Waals surface area contributed by atoms with Crippen LogP contribution in [0.2, 0.25) is 0 Å². The highest BCUT2D eigenvalue weighted by Gasteiger charge is 2.37. The number of benzene rings is 1. The van der Waals surface area contributed by atoms with Crippen molar-refractivity contribution in [1.82, 2.24) is 9.88 Å². The molecule has 1 fully saturated rings. The first-order chi connectivity index (χ1) is 12.1. The lowest BCUT2D eigenvalue weighted by Crippen LogP contribution is -2.44. The minimum atomic E-state index is -0.936. The summed E-state index contributed by atoms with van der Waals surface area (Å²) < 4.78 is 5.39. The molecule has 5 heteroatoms. The topological polar surface area (TPSA) is 62.7 Å². The Hall–Kier alpha value is -2.40. The van der Waals surface area contributed by atoms with E-state index in [1.165, 1.54) is 0 Å². The molecule has 132 valence electrons. The van der Waals surface area contributed by atoms with Crippen LogP contribution in [0.25, 0.3) is 0 Å². The van der Waals surface area contributed by atoms with Gasteiger partial charge in [-0.25, -0.2) is 4.79 Å². The van der Waals surface area contributed by atoms with Crippen LogP contribution in [0.4, 0.5) is 4.79 Å². The molecule has 3 rings (SSSR count). The van der Waals surface area contributed by atoms with Gasteiger partial charge in [0.05, 0.1) is 5.60 Å². The van der Waals surface area contributed by atoms with E-state index in [0.29, 0.717) is 13.1 Å². The number of hydrogen-bond donors (Lipinski definition) is 1. The maximum Gasteiger partial charge on any atom is 0.410 e. The molecule has 0 bridgehead atoms. The van der Waals surface area contributed by atoms with E-state index >= 15 is 0 Å². The second kappa shape index (κ2) is 7.66. The first-order valence-electron chi connectivity index (χ1n) is 8.66. The van der Waals surface area contributed by atoms with Crippen LogP contribution in [0.15, 0.2) is 54.9 Å². The summed E-state index contributed by atoms with van der Waals surface area (Å²) in [5.41, 5.74) is 0.860. The molecule has 0 saturated carbocycles. The average molecular weight is 340 g/mol. The molecule has 1 aromatic heterocycles. The van der Waals surface area contributed by atoms with Gasteiger partial charge in [0.15, 0.2) is 0 Å². The van der Waals surface area contributed by atoms with Gasteiger partial charge in [0.25, 0.3) is 0 Å². The zero-order valence-electron chi connectivity index (χ0n) is 14.5. The van der Waals surface area contributed by atoms with Crippen LogP contribution in [0.5, 0.6) is 0 Å². The smallest absolute Gasteiger partial charge is 0.410 e. The molecule has 0 radical (unpaired) electrons. The number of ether oxygens (including phenoxy) is 1. The Morgan fingerprint density at radius 3 is 2.60 bits per heavy atom. The number of aliphatic hydroxyl groups is 1. The molecular weight excluding hydrogens is 316 g/mol. The van der Waals surface area contributed by atoms with Crippen molar-refractivity contribution in [2.75, 3.05) is 13.1 Å². The number of amides is 1. The molecule has 1 saturated heterocycles. The number of pyridine rings is 1. The fraction of sp³-hybridized carbons (Fsp3) is 0.400. The van der Waals surface area contributed by atoms with E-state index in [1.54, 1.807) is 17.3 Å². The Labute approximate surface area is 148 Å². The van der Waals surface area contributed by atoms with Gasteiger partial charge >= 0.3 is 6.09 Å². The molecule has 2 heterocycles. The summed E-state index contributed by atoms with van der Waals surface area (Å²) in [7, 11) is 0. The maximum absolute atomic E-state index is 12.2. The normalized spacial score (nSPS) is 17.8. The van der Waals surface area contributed by atoms with E-state index in [-0.39, 0.29) is 18.6 Å². The molecule has 25 heavy (non-hydrogen) atoms. The molecule has 0 aliphatic carbocycles. The van der Waals surface area contributed by atoms with Gasteiger partial charge in [-0.15, -0.1) is 0 Å². The molecule has 1 atom stereocenters. The van der Waals surface area contributed by atoms with Gasteiger partial charge < -0.3 is 14.7 Å². The van der Waals surface area contributed by atoms with E-state index < -0.39 is 5.60 Å². The number of carbonyl (C=O) groups is 1. The molecular formula is C20H24N2O3. The van der Waals surface area contributed by atoms with Crippen LogP contribution in [0.1, 0.15) is 30.9 Å². The largest absolute Gasteiger partial charge is 0.445 e. The molecule has 1 amide bonds. The van der Waals surface area contributed by atoms with Gasteiger partial charge in [-0.2, -0.15) is 0 Å². The summed E-state index contributed by atoms with van der Waals surface area (Å²) in [6.45, 7) is 3.30. The molecule has 1 aliphatic heterocycles. The van der Waals surface area contributed by atoms with Crippen molar-refractivity contribution in [3.05, 3.63) is 66.0 Å². The lowest BCUT2D eigenvalue weighted by Gasteiger charge is -2.39. The second-order valence-electron chi connectivity index (χ2n) is 6.69. The van der Waals surface area contributed by atoms with Crippen molar-refractivity contribution in [3.63, 3.8) is 0 Å². The van der Waals surface area contributed by atoms with Crippen molar-refractivity contribution in [1.29, 1.82) is 0 Å². The van der Waals surface area contributed by atoms with E-state index in [4.69, 9.17) is 4.74 Å². The van der Waals surface area contributed by atoms with Gasteiger partial charge in [0.1, 0.15) is 6.61 Å². The van der Waals surface area contributed by atoms with Crippen LogP contribution in [0, 0.1) is 5.92 Å². The Morgan fingerprint density at radius 2 is 1.96 bits per heavy atom. The molecule has 1 aromatic carbocycles. The van der Waals surface area contributed by atoms with Gasteiger partial charge in [0, 0.05) is 31.0 Å². The first kappa shape index (κ1) is 17.4. The van der Waals surface area contributed by atoms with E-state index in [1.807, 2.05) is 49.4 Å². The number of rotatable bonds is 4. The first-order valence-corrected chi connectivity index (χ1v) is 8.66. The summed E-state index contributed by atoms with van der Waals surface area (Å²) in [6.07, 6.45) is 4.60. The van der Waals surface area contributed by atoms with E-state index in [0.717, 1.165) is 24.0 Å². The summed E-state index contributed by atoms with van der Waals surface area (Å²) in [4.78, 5) is 18.0. The third-order valence-electron chi connectivity index (χ3n) is 5.00. The van der Waals surface area contributed by atoms with Crippen molar-refractivity contribution in [3.8, 4) is 0 Å². The number of aromatic nitrogens is 1. The predicted octanol–water partition coefficient (Wildman–Crippen LogP) is 3.34. The Bertz CT molecular complexity index is 681. The van der Waals surface area contributed by atoms with Gasteiger partial charge in [0.2, 0.25) is 0 Å². The number of piperidine rings is 1. The average Bonchev–Trinajstić information content (AvgIpc) is 2.68. The Morgan fingerprint density at radius 1 is 1.24 bits per heavy atom. The highest BCUT2D eigenvalue weighted by Crippen LogP contribution is 2.35. The zero-order valence-corrected chi connectivity index (χ0v) is 14.5. The SMILES string of the molecule is C[C@@](O)(c1cccnc1)C1CCN(C(=O)OCc2ccccc2)CC1. The predicted molar refractivity (Wildman–Crippen MR) is 94.7 cm³/mol. The quantitative estimate of drug-likeness (QED) is 0.927. The maximum atomic E-state index is 12.2. The summed E-state index contributed by atoms with van der Waals surface area (Å²) in [5.74, 6) is 0.0925. The zero-order chi connectivity index (χ0) is 17.7. The van der Waals surface area contributed by atoms with E-state index in [9.17, 15) is 9.90 Å². The Kier molecular flexibility index (Phi) is 5.34. The minimum absolute atomic E-state index is 0.0925. The third-order valence-corrected chi connectivity index (χ3v) is 5.00. The van der Waals surface area contributed by atoms with Crippen molar-refractivity contribution in [2.24, 2.45) is 5.92 Å². The van der Waals surface area contributed by atoms with Crippen LogP contribution in [-0.4, -0.2) is 34.2 Å². The monoisotopic (exact) mass is 340 g/mol. The lowest BCUT2D eigenvalue weighted by molar-refractivity contribution is -0.0331. The molecule has 0 spiro atoms. The minimum Gasteiger partial charge on any atom is -0.445 e. The highest BCUT2D eigenvalue weighted by atomic mass is 16.6. The third kappa shape index (κ3) is 4.17. The Balaban J connectivity index is 1.52. The van der Waals surface area contributed by atoms with Crippen LogP contribution in [0.3, 0.4) is 0 Å². The molecule has 1 aliphatic rings. The fourth-order valence-corrected chi connectivity index (χ4v) is 3.33. The number of hydrogen-bond acceptors (Lipinski definition) is 4. The molecule has 2 aromatic rings. The standard InChI is InChI=1S/C20H24N2O3/c1-20(24,18-8-5-11-21-14-18)17-9-12-22(13-10-17)19(23)25-15-16-6-3-2-4-7-16/h2-8,11,14,17,24H,9-10,12-13,15H2,1H3/t20-/m0/s1. The van der Waals surface area contributed by atoms with E-state index in [2.05, 4.69) is 4.98 Å². The molecule has 5 nitrogen and oxygen atoms in total. The van der Waals surface area contributed by atoms with Crippen molar-refractivity contribution >= 4 is 6.09 Å². The number of carbonyl (C=O) groups excluding carboxylic acids is 1. The molecule has 0 unspecified atom stereocenters. The van der Waals surface area contributed by atoms with Crippen LogP contribution >= 0.6 is 0 Å². The van der Waals surface area contributed by atoms with Crippen molar-refractivity contribution in [2.45, 2.75) is 32.0 Å². The second-order valence-corrected chi connectivity index (χ2v) is 6.69. The lowest BCUT2D eigenvalue weighted by atomic mass is 9.78.